The maximum atomic E-state index is 14.8. The number of rotatable bonds is 10. The first-order valence-electron chi connectivity index (χ1n) is 13.9. The maximum Gasteiger partial charge on any atom is 0.261 e. The van der Waals surface area contributed by atoms with Gasteiger partial charge in [-0.1, -0.05) is 73.9 Å². The molecule has 3 aromatic carbocycles. The predicted molar refractivity (Wildman–Crippen MR) is 152 cm³/mol. The van der Waals surface area contributed by atoms with Crippen molar-refractivity contribution < 1.29 is 18.7 Å². The Bertz CT molecular complexity index is 1270. The number of aryl methyl sites for hydroxylation is 2. The summed E-state index contributed by atoms with van der Waals surface area (Å²) in [6.07, 6.45) is 5.51. The quantitative estimate of drug-likeness (QED) is 0.339. The van der Waals surface area contributed by atoms with Gasteiger partial charge in [-0.05, 0) is 68.0 Å². The molecular weight excluding hydrogens is 491 g/mol. The van der Waals surface area contributed by atoms with Crippen LogP contribution in [0.25, 0.3) is 0 Å². The molecule has 0 radical (unpaired) electrons. The van der Waals surface area contributed by atoms with Gasteiger partial charge in [0.25, 0.3) is 5.91 Å². The van der Waals surface area contributed by atoms with E-state index in [1.54, 1.807) is 18.2 Å². The number of nitrogens with one attached hydrogen (secondary N) is 1. The van der Waals surface area contributed by atoms with Crippen molar-refractivity contribution in [1.29, 1.82) is 0 Å². The van der Waals surface area contributed by atoms with Gasteiger partial charge in [0.15, 0.2) is 6.61 Å². The molecule has 3 aromatic rings. The Balaban J connectivity index is 1.64. The third kappa shape index (κ3) is 7.69. The molecule has 6 heteroatoms. The van der Waals surface area contributed by atoms with Crippen LogP contribution in [0.2, 0.25) is 0 Å². The molecule has 1 atom stereocenters. The largest absolute Gasteiger partial charge is 0.483 e. The Morgan fingerprint density at radius 3 is 2.38 bits per heavy atom. The summed E-state index contributed by atoms with van der Waals surface area (Å²) >= 11 is 0. The van der Waals surface area contributed by atoms with Gasteiger partial charge < -0.3 is 15.0 Å². The van der Waals surface area contributed by atoms with E-state index in [0.717, 1.165) is 47.9 Å². The Morgan fingerprint density at radius 2 is 1.67 bits per heavy atom. The van der Waals surface area contributed by atoms with Crippen LogP contribution in [0, 0.1) is 26.6 Å². The Morgan fingerprint density at radius 1 is 0.974 bits per heavy atom. The SMILES string of the molecule is Cc1cc(C)c(C)c(OCC(=O)N(Cc2ccccc2F)[C@@H](Cc2ccccc2)C(=O)NC2CCCCC2)c1. The molecule has 1 fully saturated rings. The average molecular weight is 531 g/mol. The molecule has 0 saturated heterocycles. The first-order valence-corrected chi connectivity index (χ1v) is 13.9. The lowest BCUT2D eigenvalue weighted by Crippen LogP contribution is -2.53. The molecule has 0 bridgehead atoms. The number of hydrogen-bond donors (Lipinski definition) is 1. The van der Waals surface area contributed by atoms with E-state index in [9.17, 15) is 14.0 Å². The van der Waals surface area contributed by atoms with Crippen molar-refractivity contribution in [3.8, 4) is 5.75 Å². The summed E-state index contributed by atoms with van der Waals surface area (Å²) in [5.41, 5.74) is 4.37. The lowest BCUT2D eigenvalue weighted by Gasteiger charge is -2.33. The highest BCUT2D eigenvalue weighted by atomic mass is 19.1. The number of ether oxygens (including phenoxy) is 1. The minimum Gasteiger partial charge on any atom is -0.483 e. The maximum absolute atomic E-state index is 14.8. The molecular formula is C33H39FN2O3. The molecule has 1 N–H and O–H groups in total. The third-order valence-corrected chi connectivity index (χ3v) is 7.64. The second kappa shape index (κ2) is 13.4. The number of halogens is 1. The van der Waals surface area contributed by atoms with E-state index in [1.807, 2.05) is 57.2 Å². The molecule has 39 heavy (non-hydrogen) atoms. The normalized spacial score (nSPS) is 14.5. The number of carbonyl (C=O) groups excluding carboxylic acids is 2. The molecule has 0 unspecified atom stereocenters. The van der Waals surface area contributed by atoms with E-state index < -0.39 is 11.9 Å². The molecule has 2 amide bonds. The molecule has 1 aliphatic carbocycles. The van der Waals surface area contributed by atoms with Gasteiger partial charge in [0.2, 0.25) is 5.91 Å². The minimum absolute atomic E-state index is 0.0315. The molecule has 0 spiro atoms. The smallest absolute Gasteiger partial charge is 0.261 e. The van der Waals surface area contributed by atoms with Gasteiger partial charge in [-0.15, -0.1) is 0 Å². The van der Waals surface area contributed by atoms with Gasteiger partial charge in [0.05, 0.1) is 0 Å². The Hall–Kier alpha value is -3.67. The molecule has 0 aliphatic heterocycles. The second-order valence-electron chi connectivity index (χ2n) is 10.7. The van der Waals surface area contributed by atoms with E-state index in [-0.39, 0.29) is 31.0 Å². The highest BCUT2D eigenvalue weighted by Crippen LogP contribution is 2.24. The molecule has 206 valence electrons. The van der Waals surface area contributed by atoms with Crippen LogP contribution in [0.5, 0.6) is 5.75 Å². The zero-order valence-corrected chi connectivity index (χ0v) is 23.2. The first kappa shape index (κ1) is 28.3. The van der Waals surface area contributed by atoms with Gasteiger partial charge in [-0.3, -0.25) is 9.59 Å². The van der Waals surface area contributed by atoms with Crippen molar-refractivity contribution in [3.05, 3.63) is 100 Å². The van der Waals surface area contributed by atoms with Gasteiger partial charge in [0, 0.05) is 24.6 Å². The average Bonchev–Trinajstić information content (AvgIpc) is 2.93. The predicted octanol–water partition coefficient (Wildman–Crippen LogP) is 6.22. The monoisotopic (exact) mass is 530 g/mol. The Labute approximate surface area is 231 Å². The van der Waals surface area contributed by atoms with Crippen LogP contribution in [0.4, 0.5) is 4.39 Å². The van der Waals surface area contributed by atoms with Crippen molar-refractivity contribution in [3.63, 3.8) is 0 Å². The summed E-state index contributed by atoms with van der Waals surface area (Å²) in [4.78, 5) is 29.1. The highest BCUT2D eigenvalue weighted by molar-refractivity contribution is 5.88. The molecule has 4 rings (SSSR count). The van der Waals surface area contributed by atoms with Crippen molar-refractivity contribution >= 4 is 11.8 Å². The van der Waals surface area contributed by atoms with Gasteiger partial charge in [-0.2, -0.15) is 0 Å². The van der Waals surface area contributed by atoms with Gasteiger partial charge in [-0.25, -0.2) is 4.39 Å². The molecule has 1 saturated carbocycles. The third-order valence-electron chi connectivity index (χ3n) is 7.64. The minimum atomic E-state index is -0.814. The van der Waals surface area contributed by atoms with E-state index in [2.05, 4.69) is 11.4 Å². The van der Waals surface area contributed by atoms with Crippen molar-refractivity contribution in [2.24, 2.45) is 0 Å². The standard InChI is InChI=1S/C33H39FN2O3/c1-23-18-24(2)25(3)31(19-23)39-22-32(37)36(21-27-14-10-11-17-29(27)34)30(20-26-12-6-4-7-13-26)33(38)35-28-15-8-5-9-16-28/h4,6-7,10-14,17-19,28,30H,5,8-9,15-16,20-22H2,1-3H3,(H,35,38)/t30-/m0/s1. The summed E-state index contributed by atoms with van der Waals surface area (Å²) < 4.78 is 20.8. The lowest BCUT2D eigenvalue weighted by atomic mass is 9.94. The molecule has 0 heterocycles. The van der Waals surface area contributed by atoms with Crippen LogP contribution >= 0.6 is 0 Å². The summed E-state index contributed by atoms with van der Waals surface area (Å²) in [7, 11) is 0. The fourth-order valence-corrected chi connectivity index (χ4v) is 5.28. The lowest BCUT2D eigenvalue weighted by molar-refractivity contribution is -0.143. The fourth-order valence-electron chi connectivity index (χ4n) is 5.28. The zero-order valence-electron chi connectivity index (χ0n) is 23.2. The number of hydrogen-bond acceptors (Lipinski definition) is 3. The van der Waals surface area contributed by atoms with Crippen molar-refractivity contribution in [2.45, 2.75) is 77.9 Å². The highest BCUT2D eigenvalue weighted by Gasteiger charge is 2.32. The van der Waals surface area contributed by atoms with Crippen LogP contribution in [0.15, 0.2) is 66.7 Å². The Kier molecular flexibility index (Phi) is 9.74. The first-order chi connectivity index (χ1) is 18.8. The van der Waals surface area contributed by atoms with E-state index >= 15 is 0 Å². The van der Waals surface area contributed by atoms with E-state index in [0.29, 0.717) is 17.7 Å². The molecule has 1 aliphatic rings. The van der Waals surface area contributed by atoms with Crippen LogP contribution in [-0.4, -0.2) is 35.4 Å². The van der Waals surface area contributed by atoms with Crippen molar-refractivity contribution in [1.82, 2.24) is 10.2 Å². The van der Waals surface area contributed by atoms with Crippen LogP contribution in [0.3, 0.4) is 0 Å². The van der Waals surface area contributed by atoms with Gasteiger partial charge in [0.1, 0.15) is 17.6 Å². The van der Waals surface area contributed by atoms with Crippen LogP contribution in [-0.2, 0) is 22.6 Å². The number of carbonyl (C=O) groups is 2. The number of benzene rings is 3. The molecule has 5 nitrogen and oxygen atoms in total. The van der Waals surface area contributed by atoms with Crippen LogP contribution in [0.1, 0.15) is 59.9 Å². The summed E-state index contributed by atoms with van der Waals surface area (Å²) in [6, 6.07) is 19.3. The fraction of sp³-hybridized carbons (Fsp3) is 0.394. The van der Waals surface area contributed by atoms with E-state index in [4.69, 9.17) is 4.74 Å². The molecule has 0 aromatic heterocycles. The topological polar surface area (TPSA) is 58.6 Å². The summed E-state index contributed by atoms with van der Waals surface area (Å²) in [5, 5.41) is 3.21. The zero-order chi connectivity index (χ0) is 27.8. The second-order valence-corrected chi connectivity index (χ2v) is 10.7. The number of amides is 2. The van der Waals surface area contributed by atoms with Crippen LogP contribution < -0.4 is 10.1 Å². The van der Waals surface area contributed by atoms with Gasteiger partial charge >= 0.3 is 0 Å². The van der Waals surface area contributed by atoms with E-state index in [1.165, 1.54) is 17.4 Å². The summed E-state index contributed by atoms with van der Waals surface area (Å²) in [5.74, 6) is -0.347. The number of nitrogens with zero attached hydrogens (tertiary/aromatic N) is 1. The summed E-state index contributed by atoms with van der Waals surface area (Å²) in [6.45, 7) is 5.67. The van der Waals surface area contributed by atoms with Crippen molar-refractivity contribution in [2.75, 3.05) is 6.61 Å².